The summed E-state index contributed by atoms with van der Waals surface area (Å²) in [7, 11) is 0. The molecule has 1 saturated heterocycles. The Bertz CT molecular complexity index is 444. The van der Waals surface area contributed by atoms with Gasteiger partial charge < -0.3 is 5.32 Å². The Morgan fingerprint density at radius 1 is 1.29 bits per heavy atom. The van der Waals surface area contributed by atoms with Gasteiger partial charge in [0.2, 0.25) is 0 Å². The fourth-order valence-corrected chi connectivity index (χ4v) is 1.85. The molecule has 0 aromatic heterocycles. The molecule has 1 heterocycles. The molecule has 17 heavy (non-hydrogen) atoms. The minimum atomic E-state index is -0.390. The Morgan fingerprint density at radius 3 is 2.47 bits per heavy atom. The molecular formula is C13H19N3O. The van der Waals surface area contributed by atoms with Crippen molar-refractivity contribution in [2.45, 2.75) is 33.4 Å². The molecule has 1 aromatic rings. The van der Waals surface area contributed by atoms with Crippen LogP contribution in [0.1, 0.15) is 26.3 Å². The summed E-state index contributed by atoms with van der Waals surface area (Å²) in [5.41, 5.74) is 4.83. The van der Waals surface area contributed by atoms with Crippen LogP contribution in [-0.4, -0.2) is 11.7 Å². The molecule has 2 amide bonds. The first kappa shape index (κ1) is 11.9. The van der Waals surface area contributed by atoms with Gasteiger partial charge in [-0.15, -0.1) is 0 Å². The van der Waals surface area contributed by atoms with Crippen molar-refractivity contribution in [2.75, 3.05) is 5.01 Å². The molecule has 0 saturated carbocycles. The fraction of sp³-hybridized carbons (Fsp3) is 0.462. The van der Waals surface area contributed by atoms with Crippen molar-refractivity contribution < 1.29 is 4.79 Å². The summed E-state index contributed by atoms with van der Waals surface area (Å²) < 4.78 is 0. The third-order valence-electron chi connectivity index (χ3n) is 3.42. The molecule has 92 valence electrons. The third-order valence-corrected chi connectivity index (χ3v) is 3.42. The van der Waals surface area contributed by atoms with E-state index in [2.05, 4.69) is 24.6 Å². The summed E-state index contributed by atoms with van der Waals surface area (Å²) >= 11 is 0. The van der Waals surface area contributed by atoms with Crippen molar-refractivity contribution in [3.05, 3.63) is 29.8 Å². The van der Waals surface area contributed by atoms with Crippen LogP contribution < -0.4 is 15.8 Å². The van der Waals surface area contributed by atoms with Gasteiger partial charge in [0, 0.05) is 0 Å². The second-order valence-electron chi connectivity index (χ2n) is 5.02. The number of anilines is 1. The van der Waals surface area contributed by atoms with E-state index in [4.69, 9.17) is 0 Å². The Balaban J connectivity index is 2.31. The zero-order valence-corrected chi connectivity index (χ0v) is 10.7. The lowest BCUT2D eigenvalue weighted by Crippen LogP contribution is -2.52. The first-order valence-electron chi connectivity index (χ1n) is 5.90. The van der Waals surface area contributed by atoms with Crippen LogP contribution in [0.4, 0.5) is 10.5 Å². The van der Waals surface area contributed by atoms with Crippen LogP contribution in [0.15, 0.2) is 24.3 Å². The van der Waals surface area contributed by atoms with E-state index in [0.717, 1.165) is 11.3 Å². The quantitative estimate of drug-likeness (QED) is 0.824. The Kier molecular flexibility index (Phi) is 2.83. The number of nitrogens with one attached hydrogen (secondary N) is 2. The lowest BCUT2D eigenvalue weighted by molar-refractivity contribution is 0.236. The molecule has 1 fully saturated rings. The Morgan fingerprint density at radius 2 is 1.94 bits per heavy atom. The Hall–Kier alpha value is -1.55. The summed E-state index contributed by atoms with van der Waals surface area (Å²) in [6.45, 7) is 8.15. The van der Waals surface area contributed by atoms with Crippen LogP contribution in [0.3, 0.4) is 0 Å². The molecule has 2 N–H and O–H groups in total. The first-order chi connectivity index (χ1) is 7.94. The number of benzene rings is 1. The standard InChI is InChI=1S/C13H19N3O/c1-9(2)13(4)14-12(17)16(15-13)11-8-6-5-7-10(11)3/h5-9,15H,1-4H3,(H,14,17)/t13-/m0/s1. The van der Waals surface area contributed by atoms with Crippen molar-refractivity contribution >= 4 is 11.7 Å². The number of urea groups is 1. The zero-order chi connectivity index (χ0) is 12.6. The lowest BCUT2D eigenvalue weighted by Gasteiger charge is -2.29. The molecule has 1 atom stereocenters. The monoisotopic (exact) mass is 233 g/mol. The number of hydrogen-bond acceptors (Lipinski definition) is 2. The molecule has 0 bridgehead atoms. The van der Waals surface area contributed by atoms with E-state index < -0.39 is 0 Å². The van der Waals surface area contributed by atoms with Crippen molar-refractivity contribution in [2.24, 2.45) is 5.92 Å². The maximum absolute atomic E-state index is 12.0. The smallest absolute Gasteiger partial charge is 0.317 e. The van der Waals surface area contributed by atoms with Crippen LogP contribution in [0.2, 0.25) is 0 Å². The van der Waals surface area contributed by atoms with Gasteiger partial charge in [0.1, 0.15) is 5.66 Å². The summed E-state index contributed by atoms with van der Waals surface area (Å²) in [6, 6.07) is 7.73. The number of carbonyl (C=O) groups is 1. The predicted octanol–water partition coefficient (Wildman–Crippen LogP) is 2.40. The molecule has 0 spiro atoms. The highest BCUT2D eigenvalue weighted by Gasteiger charge is 2.41. The van der Waals surface area contributed by atoms with Gasteiger partial charge in [0.05, 0.1) is 5.69 Å². The molecule has 1 aromatic carbocycles. The van der Waals surface area contributed by atoms with E-state index in [9.17, 15) is 4.79 Å². The molecule has 4 heteroatoms. The van der Waals surface area contributed by atoms with Gasteiger partial charge in [-0.1, -0.05) is 32.0 Å². The van der Waals surface area contributed by atoms with E-state index in [1.807, 2.05) is 38.1 Å². The second-order valence-corrected chi connectivity index (χ2v) is 5.02. The molecular weight excluding hydrogens is 214 g/mol. The number of carbonyl (C=O) groups excluding carboxylic acids is 1. The van der Waals surface area contributed by atoms with Gasteiger partial charge in [0.15, 0.2) is 0 Å². The number of nitrogens with zero attached hydrogens (tertiary/aromatic N) is 1. The highest BCUT2D eigenvalue weighted by atomic mass is 16.2. The molecule has 0 aliphatic carbocycles. The van der Waals surface area contributed by atoms with Gasteiger partial charge in [-0.2, -0.15) is 0 Å². The fourth-order valence-electron chi connectivity index (χ4n) is 1.85. The molecule has 0 unspecified atom stereocenters. The van der Waals surface area contributed by atoms with Gasteiger partial charge >= 0.3 is 6.03 Å². The van der Waals surface area contributed by atoms with Crippen LogP contribution in [0.5, 0.6) is 0 Å². The van der Waals surface area contributed by atoms with Crippen LogP contribution in [0.25, 0.3) is 0 Å². The molecule has 0 radical (unpaired) electrons. The van der Waals surface area contributed by atoms with Gasteiger partial charge in [-0.05, 0) is 31.4 Å². The highest BCUT2D eigenvalue weighted by Crippen LogP contribution is 2.25. The second kappa shape index (κ2) is 4.04. The summed E-state index contributed by atoms with van der Waals surface area (Å²) in [4.78, 5) is 12.0. The number of hydrazine groups is 1. The van der Waals surface area contributed by atoms with E-state index in [1.54, 1.807) is 5.01 Å². The van der Waals surface area contributed by atoms with E-state index >= 15 is 0 Å². The van der Waals surface area contributed by atoms with Crippen molar-refractivity contribution in [3.63, 3.8) is 0 Å². The maximum Gasteiger partial charge on any atom is 0.338 e. The predicted molar refractivity (Wildman–Crippen MR) is 68.6 cm³/mol. The summed E-state index contributed by atoms with van der Waals surface area (Å²) in [5.74, 6) is 0.306. The van der Waals surface area contributed by atoms with Crippen molar-refractivity contribution in [1.82, 2.24) is 10.7 Å². The van der Waals surface area contributed by atoms with Crippen LogP contribution in [0, 0.1) is 12.8 Å². The highest BCUT2D eigenvalue weighted by molar-refractivity contribution is 5.94. The number of aryl methyl sites for hydroxylation is 1. The van der Waals surface area contributed by atoms with Gasteiger partial charge in [-0.25, -0.2) is 15.2 Å². The number of para-hydroxylation sites is 1. The average Bonchev–Trinajstić information content (AvgIpc) is 2.56. The normalized spacial score (nSPS) is 24.3. The SMILES string of the molecule is Cc1ccccc1N1N[C@@](C)(C(C)C)NC1=O. The summed E-state index contributed by atoms with van der Waals surface area (Å²) in [5, 5.41) is 4.57. The van der Waals surface area contributed by atoms with Crippen molar-refractivity contribution in [3.8, 4) is 0 Å². The number of amides is 2. The maximum atomic E-state index is 12.0. The molecule has 1 aliphatic rings. The molecule has 2 rings (SSSR count). The third kappa shape index (κ3) is 2.00. The minimum absolute atomic E-state index is 0.101. The average molecular weight is 233 g/mol. The van der Waals surface area contributed by atoms with Crippen molar-refractivity contribution in [1.29, 1.82) is 0 Å². The van der Waals surface area contributed by atoms with E-state index in [1.165, 1.54) is 0 Å². The van der Waals surface area contributed by atoms with Crippen LogP contribution in [-0.2, 0) is 0 Å². The summed E-state index contributed by atoms with van der Waals surface area (Å²) in [6.07, 6.45) is 0. The van der Waals surface area contributed by atoms with Gasteiger partial charge in [-0.3, -0.25) is 0 Å². The number of rotatable bonds is 2. The molecule has 1 aliphatic heterocycles. The molecule has 4 nitrogen and oxygen atoms in total. The van der Waals surface area contributed by atoms with Gasteiger partial charge in [0.25, 0.3) is 0 Å². The zero-order valence-electron chi connectivity index (χ0n) is 10.7. The van der Waals surface area contributed by atoms with Crippen LogP contribution >= 0.6 is 0 Å². The minimum Gasteiger partial charge on any atom is -0.317 e. The number of hydrogen-bond donors (Lipinski definition) is 2. The largest absolute Gasteiger partial charge is 0.338 e. The lowest BCUT2D eigenvalue weighted by atomic mass is 10.00. The first-order valence-corrected chi connectivity index (χ1v) is 5.90. The van der Waals surface area contributed by atoms with E-state index in [-0.39, 0.29) is 11.7 Å². The topological polar surface area (TPSA) is 44.4 Å². The van der Waals surface area contributed by atoms with E-state index in [0.29, 0.717) is 5.92 Å². The Labute approximate surface area is 102 Å².